The second-order valence-electron chi connectivity index (χ2n) is 8.51. The van der Waals surface area contributed by atoms with Crippen LogP contribution in [0.15, 0.2) is 42.5 Å². The molecule has 204 valence electrons. The number of ether oxygens (including phenoxy) is 1. The minimum absolute atomic E-state index is 0.00306. The van der Waals surface area contributed by atoms with E-state index in [9.17, 15) is 44.3 Å². The van der Waals surface area contributed by atoms with E-state index in [0.717, 1.165) is 0 Å². The Bertz CT molecular complexity index is 1050. The molecule has 1 heterocycles. The Kier molecular flexibility index (Phi) is 8.57. The van der Waals surface area contributed by atoms with Gasteiger partial charge in [-0.25, -0.2) is 4.79 Å². The molecule has 0 unspecified atom stereocenters. The van der Waals surface area contributed by atoms with Crippen molar-refractivity contribution in [2.24, 2.45) is 0 Å². The van der Waals surface area contributed by atoms with Gasteiger partial charge in [-0.1, -0.05) is 11.6 Å². The van der Waals surface area contributed by atoms with E-state index in [1.165, 1.54) is 29.2 Å². The van der Waals surface area contributed by atoms with Crippen molar-refractivity contribution >= 4 is 23.4 Å². The molecule has 1 N–H and O–H groups in total. The van der Waals surface area contributed by atoms with Crippen LogP contribution >= 0.6 is 11.6 Å². The maximum Gasteiger partial charge on any atom is 0.426 e. The number of anilines is 1. The van der Waals surface area contributed by atoms with Gasteiger partial charge >= 0.3 is 24.6 Å². The second-order valence-corrected chi connectivity index (χ2v) is 8.94. The smallest absolute Gasteiger partial charge is 0.426 e. The fourth-order valence-corrected chi connectivity index (χ4v) is 4.09. The molecule has 37 heavy (non-hydrogen) atoms. The van der Waals surface area contributed by atoms with E-state index in [0.29, 0.717) is 17.2 Å². The number of nitrogens with zero attached hydrogens (tertiary/aromatic N) is 1. The number of carbonyl (C=O) groups is 1. The summed E-state index contributed by atoms with van der Waals surface area (Å²) in [6.45, 7) is -1.02. The molecule has 0 aromatic heterocycles. The number of hydrogen-bond acceptors (Lipinski definition) is 3. The van der Waals surface area contributed by atoms with Crippen LogP contribution in [0.1, 0.15) is 35.4 Å². The second kappa shape index (κ2) is 11.0. The Hall–Kier alpha value is -2.67. The van der Waals surface area contributed by atoms with Gasteiger partial charge in [0.15, 0.2) is 0 Å². The molecule has 0 radical (unpaired) electrons. The maximum atomic E-state index is 13.6. The number of piperidine rings is 1. The first-order valence-corrected chi connectivity index (χ1v) is 11.2. The number of nitrogens with one attached hydrogen (secondary N) is 1. The van der Waals surface area contributed by atoms with Gasteiger partial charge in [0.05, 0.1) is 11.1 Å². The lowest BCUT2D eigenvalue weighted by atomic mass is 9.88. The van der Waals surface area contributed by atoms with Gasteiger partial charge in [-0.3, -0.25) is 10.2 Å². The molecule has 0 bridgehead atoms. The molecule has 0 saturated carbocycles. The van der Waals surface area contributed by atoms with Crippen LogP contribution in [0, 0.1) is 0 Å². The Labute approximate surface area is 210 Å². The minimum atomic E-state index is -5.04. The normalized spacial score (nSPS) is 18.4. The molecule has 4 nitrogen and oxygen atoms in total. The maximum absolute atomic E-state index is 13.6. The van der Waals surface area contributed by atoms with Gasteiger partial charge in [0.2, 0.25) is 6.10 Å². The molecule has 1 amide bonds. The van der Waals surface area contributed by atoms with Crippen LogP contribution in [0.25, 0.3) is 0 Å². The first-order valence-electron chi connectivity index (χ1n) is 10.8. The lowest BCUT2D eigenvalue weighted by Gasteiger charge is -2.35. The van der Waals surface area contributed by atoms with E-state index in [4.69, 9.17) is 11.6 Å². The number of carbonyl (C=O) groups excluding carboxylic acids is 1. The van der Waals surface area contributed by atoms with Gasteiger partial charge in [0, 0.05) is 23.8 Å². The number of alkyl halides is 9. The fraction of sp³-hybridized carbons (Fsp3) is 0.435. The molecular weight excluding hydrogens is 543 g/mol. The Morgan fingerprint density at radius 3 is 2.05 bits per heavy atom. The quantitative estimate of drug-likeness (QED) is 0.379. The summed E-state index contributed by atoms with van der Waals surface area (Å²) in [6, 6.07) is 6.63. The number of halogens is 10. The molecule has 1 aliphatic rings. The molecule has 2 aromatic carbocycles. The first kappa shape index (κ1) is 28.9. The van der Waals surface area contributed by atoms with Crippen LogP contribution in [0.3, 0.4) is 0 Å². The van der Waals surface area contributed by atoms with E-state index in [2.05, 4.69) is 10.1 Å². The van der Waals surface area contributed by atoms with Crippen molar-refractivity contribution < 1.29 is 49.0 Å². The highest BCUT2D eigenvalue weighted by molar-refractivity contribution is 6.30. The largest absolute Gasteiger partial charge is 0.435 e. The highest BCUT2D eigenvalue weighted by Crippen LogP contribution is 2.39. The summed E-state index contributed by atoms with van der Waals surface area (Å²) < 4.78 is 125. The molecule has 1 saturated heterocycles. The van der Waals surface area contributed by atoms with Crippen LogP contribution in [-0.4, -0.2) is 42.9 Å². The third-order valence-corrected chi connectivity index (χ3v) is 5.97. The SMILES string of the molecule is O=C(Nc1ccc(Cl)cc1)O[C@@H](CN1CCC[C@H](c2cc(C(F)(F)F)cc(C(F)(F)F)c2)C1)C(F)(F)F. The molecule has 0 spiro atoms. The number of amides is 1. The zero-order valence-corrected chi connectivity index (χ0v) is 19.5. The van der Waals surface area contributed by atoms with Gasteiger partial charge in [-0.2, -0.15) is 39.5 Å². The fourth-order valence-electron chi connectivity index (χ4n) is 3.96. The number of rotatable bonds is 5. The van der Waals surface area contributed by atoms with Gasteiger partial charge in [0.1, 0.15) is 0 Å². The van der Waals surface area contributed by atoms with Crippen LogP contribution in [0.4, 0.5) is 50.0 Å². The van der Waals surface area contributed by atoms with Crippen molar-refractivity contribution in [1.29, 1.82) is 0 Å². The van der Waals surface area contributed by atoms with E-state index in [-0.39, 0.29) is 43.2 Å². The van der Waals surface area contributed by atoms with E-state index >= 15 is 0 Å². The van der Waals surface area contributed by atoms with E-state index in [1.54, 1.807) is 0 Å². The predicted octanol–water partition coefficient (Wildman–Crippen LogP) is 7.74. The van der Waals surface area contributed by atoms with Crippen molar-refractivity contribution in [3.8, 4) is 0 Å². The van der Waals surface area contributed by atoms with Crippen molar-refractivity contribution in [1.82, 2.24) is 4.90 Å². The lowest BCUT2D eigenvalue weighted by molar-refractivity contribution is -0.207. The van der Waals surface area contributed by atoms with E-state index in [1.807, 2.05) is 0 Å². The van der Waals surface area contributed by atoms with Crippen LogP contribution in [0.2, 0.25) is 5.02 Å². The zero-order chi connectivity index (χ0) is 27.6. The van der Waals surface area contributed by atoms with Crippen LogP contribution < -0.4 is 5.32 Å². The summed E-state index contributed by atoms with van der Waals surface area (Å²) in [7, 11) is 0. The topological polar surface area (TPSA) is 41.6 Å². The number of benzene rings is 2. The number of likely N-dealkylation sites (tertiary alicyclic amines) is 1. The molecule has 3 rings (SSSR count). The summed E-state index contributed by atoms with van der Waals surface area (Å²) in [4.78, 5) is 13.3. The zero-order valence-electron chi connectivity index (χ0n) is 18.8. The average Bonchev–Trinajstić information content (AvgIpc) is 2.78. The molecular formula is C23H20ClF9N2O2. The van der Waals surface area contributed by atoms with Crippen molar-refractivity contribution in [3.63, 3.8) is 0 Å². The van der Waals surface area contributed by atoms with Crippen molar-refractivity contribution in [2.45, 2.75) is 43.4 Å². The van der Waals surface area contributed by atoms with Crippen molar-refractivity contribution in [3.05, 3.63) is 64.2 Å². The molecule has 1 aliphatic heterocycles. The highest BCUT2D eigenvalue weighted by atomic mass is 35.5. The molecule has 2 atom stereocenters. The van der Waals surface area contributed by atoms with Gasteiger partial charge in [0.25, 0.3) is 0 Å². The minimum Gasteiger partial charge on any atom is -0.435 e. The molecule has 0 aliphatic carbocycles. The monoisotopic (exact) mass is 562 g/mol. The lowest BCUT2D eigenvalue weighted by Crippen LogP contribution is -2.47. The van der Waals surface area contributed by atoms with Gasteiger partial charge in [-0.05, 0) is 73.3 Å². The third-order valence-electron chi connectivity index (χ3n) is 5.72. The third kappa shape index (κ3) is 8.16. The first-order chi connectivity index (χ1) is 17.0. The molecule has 14 heteroatoms. The Balaban J connectivity index is 1.75. The van der Waals surface area contributed by atoms with Gasteiger partial charge < -0.3 is 4.74 Å². The van der Waals surface area contributed by atoms with Gasteiger partial charge in [-0.15, -0.1) is 0 Å². The van der Waals surface area contributed by atoms with Crippen LogP contribution in [0.5, 0.6) is 0 Å². The van der Waals surface area contributed by atoms with E-state index < -0.39 is 54.3 Å². The standard InChI is InChI=1S/C23H20ClF9N2O2/c24-17-3-5-18(6-4-17)34-20(36)37-19(23(31,32)33)12-35-7-1-2-13(11-35)14-8-15(21(25,26)27)10-16(9-14)22(28,29)30/h3-6,8-10,13,19H,1-2,7,11-12H2,(H,34,36)/t13-,19-/m0/s1. The summed E-state index contributed by atoms with van der Waals surface area (Å²) in [6.07, 6.45) is -18.7. The highest BCUT2D eigenvalue weighted by Gasteiger charge is 2.45. The summed E-state index contributed by atoms with van der Waals surface area (Å²) in [5, 5.41) is 2.46. The Morgan fingerprint density at radius 1 is 0.973 bits per heavy atom. The van der Waals surface area contributed by atoms with Crippen LogP contribution in [-0.2, 0) is 17.1 Å². The summed E-state index contributed by atoms with van der Waals surface area (Å²) >= 11 is 5.71. The predicted molar refractivity (Wildman–Crippen MR) is 116 cm³/mol. The molecule has 1 fully saturated rings. The number of hydrogen-bond donors (Lipinski definition) is 1. The summed E-state index contributed by atoms with van der Waals surface area (Å²) in [5.41, 5.74) is -3.15. The average molecular weight is 563 g/mol. The Morgan fingerprint density at radius 2 is 1.54 bits per heavy atom. The molecule has 2 aromatic rings. The summed E-state index contributed by atoms with van der Waals surface area (Å²) in [5.74, 6) is -0.895. The van der Waals surface area contributed by atoms with Crippen molar-refractivity contribution in [2.75, 3.05) is 25.0 Å².